The number of carbonyl (C=O) groups is 2. The predicted octanol–water partition coefficient (Wildman–Crippen LogP) is 4.03. The van der Waals surface area contributed by atoms with Gasteiger partial charge >= 0.3 is 0 Å². The highest BCUT2D eigenvalue weighted by atomic mass is 16.2. The minimum Gasteiger partial charge on any atom is -0.358 e. The maximum Gasteiger partial charge on any atom is 0.255 e. The Bertz CT molecular complexity index is 1090. The summed E-state index contributed by atoms with van der Waals surface area (Å²) in [5.74, 6) is 0.171. The van der Waals surface area contributed by atoms with Crippen LogP contribution in [-0.4, -0.2) is 46.2 Å². The van der Waals surface area contributed by atoms with Crippen molar-refractivity contribution in [2.75, 3.05) is 19.6 Å². The third-order valence-electron chi connectivity index (χ3n) is 6.30. The van der Waals surface area contributed by atoms with E-state index in [1.807, 2.05) is 46.2 Å². The molecule has 148 valence electrons. The van der Waals surface area contributed by atoms with E-state index in [4.69, 9.17) is 0 Å². The summed E-state index contributed by atoms with van der Waals surface area (Å²) in [6.07, 6.45) is 2.53. The van der Waals surface area contributed by atoms with Gasteiger partial charge in [-0.1, -0.05) is 36.4 Å². The van der Waals surface area contributed by atoms with Crippen molar-refractivity contribution in [2.24, 2.45) is 0 Å². The number of aryl methyl sites for hydroxylation is 1. The second-order valence-electron chi connectivity index (χ2n) is 8.04. The number of benzene rings is 2. The molecular formula is C24H25N3O2. The Morgan fingerprint density at radius 3 is 2.62 bits per heavy atom. The molecule has 1 atom stereocenters. The first-order chi connectivity index (χ1) is 14.1. The van der Waals surface area contributed by atoms with E-state index in [0.717, 1.165) is 59.2 Å². The smallest absolute Gasteiger partial charge is 0.255 e. The first kappa shape index (κ1) is 18.0. The van der Waals surface area contributed by atoms with Crippen LogP contribution in [0.3, 0.4) is 0 Å². The van der Waals surface area contributed by atoms with Gasteiger partial charge in [-0.15, -0.1) is 0 Å². The van der Waals surface area contributed by atoms with E-state index in [2.05, 4.69) is 24.0 Å². The molecule has 5 nitrogen and oxygen atoms in total. The molecule has 1 unspecified atom stereocenters. The van der Waals surface area contributed by atoms with Crippen LogP contribution >= 0.6 is 0 Å². The van der Waals surface area contributed by atoms with Gasteiger partial charge < -0.3 is 14.8 Å². The van der Waals surface area contributed by atoms with Crippen LogP contribution in [0.25, 0.3) is 10.9 Å². The molecule has 29 heavy (non-hydrogen) atoms. The Morgan fingerprint density at radius 2 is 1.79 bits per heavy atom. The molecule has 0 radical (unpaired) electrons. The summed E-state index contributed by atoms with van der Waals surface area (Å²) in [7, 11) is 0. The summed E-state index contributed by atoms with van der Waals surface area (Å²) in [6, 6.07) is 15.9. The Balaban J connectivity index is 1.53. The van der Waals surface area contributed by atoms with Crippen molar-refractivity contribution in [1.82, 2.24) is 14.8 Å². The van der Waals surface area contributed by atoms with Gasteiger partial charge in [-0.2, -0.15) is 0 Å². The molecule has 1 N–H and O–H groups in total. The van der Waals surface area contributed by atoms with Crippen LogP contribution in [0.2, 0.25) is 0 Å². The van der Waals surface area contributed by atoms with Crippen LogP contribution in [-0.2, 0) is 4.79 Å². The average Bonchev–Trinajstić information content (AvgIpc) is 3.44. The van der Waals surface area contributed by atoms with Crippen LogP contribution in [0.15, 0.2) is 48.5 Å². The zero-order valence-electron chi connectivity index (χ0n) is 16.6. The Kier molecular flexibility index (Phi) is 4.38. The van der Waals surface area contributed by atoms with Gasteiger partial charge in [-0.3, -0.25) is 9.59 Å². The van der Waals surface area contributed by atoms with E-state index in [1.54, 1.807) is 0 Å². The topological polar surface area (TPSA) is 56.4 Å². The molecule has 0 aliphatic carbocycles. The number of fused-ring (bicyclic) bond motifs is 2. The quantitative estimate of drug-likeness (QED) is 0.735. The lowest BCUT2D eigenvalue weighted by atomic mass is 9.95. The van der Waals surface area contributed by atoms with Crippen molar-refractivity contribution in [3.8, 4) is 0 Å². The van der Waals surface area contributed by atoms with E-state index in [1.165, 1.54) is 0 Å². The molecule has 3 aromatic rings. The number of hydrogen-bond donors (Lipinski definition) is 1. The van der Waals surface area contributed by atoms with E-state index < -0.39 is 0 Å². The summed E-state index contributed by atoms with van der Waals surface area (Å²) in [5.41, 5.74) is 5.05. The molecule has 2 aromatic carbocycles. The van der Waals surface area contributed by atoms with Gasteiger partial charge in [0, 0.05) is 53.8 Å². The van der Waals surface area contributed by atoms with Crippen molar-refractivity contribution in [1.29, 1.82) is 0 Å². The molecule has 2 amide bonds. The van der Waals surface area contributed by atoms with Crippen molar-refractivity contribution < 1.29 is 9.59 Å². The predicted molar refractivity (Wildman–Crippen MR) is 113 cm³/mol. The van der Waals surface area contributed by atoms with Gasteiger partial charge in [0.1, 0.15) is 0 Å². The minimum atomic E-state index is -0.166. The van der Waals surface area contributed by atoms with Gasteiger partial charge in [0.2, 0.25) is 5.91 Å². The Morgan fingerprint density at radius 1 is 1.07 bits per heavy atom. The normalized spacial score (nSPS) is 18.7. The van der Waals surface area contributed by atoms with Gasteiger partial charge in [0.25, 0.3) is 5.91 Å². The summed E-state index contributed by atoms with van der Waals surface area (Å²) in [5, 5.41) is 1.13. The van der Waals surface area contributed by atoms with Gasteiger partial charge in [0.15, 0.2) is 0 Å². The number of para-hydroxylation sites is 1. The lowest BCUT2D eigenvalue weighted by molar-refractivity contribution is -0.130. The van der Waals surface area contributed by atoms with Crippen molar-refractivity contribution >= 4 is 22.7 Å². The molecule has 0 saturated carbocycles. The number of H-pyrrole nitrogens is 1. The van der Waals surface area contributed by atoms with E-state index in [-0.39, 0.29) is 17.9 Å². The zero-order valence-corrected chi connectivity index (χ0v) is 16.6. The number of likely N-dealkylation sites (tertiary alicyclic amines) is 1. The van der Waals surface area contributed by atoms with Crippen LogP contribution in [0.4, 0.5) is 0 Å². The minimum absolute atomic E-state index is 0.0181. The molecule has 5 rings (SSSR count). The number of aromatic nitrogens is 1. The molecule has 2 aliphatic heterocycles. The highest BCUT2D eigenvalue weighted by Gasteiger charge is 2.39. The van der Waals surface area contributed by atoms with Gasteiger partial charge in [0.05, 0.1) is 6.04 Å². The fourth-order valence-corrected chi connectivity index (χ4v) is 4.90. The summed E-state index contributed by atoms with van der Waals surface area (Å²) in [4.78, 5) is 33.2. The standard InChI is InChI=1S/C24H25N3O2/c1-16-22(19-10-4-5-11-20(19)25-16)23-17-8-2-3-9-18(17)24(29)27(23)15-12-21(28)26-13-6-7-14-26/h2-5,8-11,23,25H,6-7,12-15H2,1H3. The fraction of sp³-hybridized carbons (Fsp3) is 0.333. The summed E-state index contributed by atoms with van der Waals surface area (Å²) >= 11 is 0. The second kappa shape index (κ2) is 7.07. The van der Waals surface area contributed by atoms with E-state index in [9.17, 15) is 9.59 Å². The van der Waals surface area contributed by atoms with Crippen LogP contribution in [0.5, 0.6) is 0 Å². The van der Waals surface area contributed by atoms with Crippen LogP contribution < -0.4 is 0 Å². The van der Waals surface area contributed by atoms with E-state index >= 15 is 0 Å². The number of aromatic amines is 1. The largest absolute Gasteiger partial charge is 0.358 e. The number of hydrogen-bond acceptors (Lipinski definition) is 2. The number of amides is 2. The number of rotatable bonds is 4. The van der Waals surface area contributed by atoms with Crippen LogP contribution in [0, 0.1) is 6.92 Å². The zero-order chi connectivity index (χ0) is 20.0. The first-order valence-corrected chi connectivity index (χ1v) is 10.4. The van der Waals surface area contributed by atoms with Gasteiger partial charge in [-0.25, -0.2) is 0 Å². The molecule has 1 aromatic heterocycles. The lowest BCUT2D eigenvalue weighted by Crippen LogP contribution is -2.35. The third kappa shape index (κ3) is 2.92. The lowest BCUT2D eigenvalue weighted by Gasteiger charge is -2.27. The number of carbonyl (C=O) groups excluding carboxylic acids is 2. The van der Waals surface area contributed by atoms with Crippen molar-refractivity contribution in [3.05, 3.63) is 70.9 Å². The average molecular weight is 387 g/mol. The molecule has 1 fully saturated rings. The Labute approximate surface area is 170 Å². The highest BCUT2D eigenvalue weighted by molar-refractivity contribution is 6.01. The molecule has 0 spiro atoms. The van der Waals surface area contributed by atoms with Crippen LogP contribution in [0.1, 0.15) is 52.5 Å². The third-order valence-corrected chi connectivity index (χ3v) is 6.30. The Hall–Kier alpha value is -3.08. The maximum atomic E-state index is 13.3. The molecular weight excluding hydrogens is 362 g/mol. The maximum absolute atomic E-state index is 13.3. The first-order valence-electron chi connectivity index (χ1n) is 10.4. The highest BCUT2D eigenvalue weighted by Crippen LogP contribution is 2.42. The second-order valence-corrected chi connectivity index (χ2v) is 8.04. The molecule has 2 aliphatic rings. The van der Waals surface area contributed by atoms with Crippen molar-refractivity contribution in [2.45, 2.75) is 32.2 Å². The number of nitrogens with one attached hydrogen (secondary N) is 1. The molecule has 5 heteroatoms. The molecule has 3 heterocycles. The molecule has 0 bridgehead atoms. The summed E-state index contributed by atoms with van der Waals surface area (Å²) < 4.78 is 0. The number of nitrogens with zero attached hydrogens (tertiary/aromatic N) is 2. The summed E-state index contributed by atoms with van der Waals surface area (Å²) in [6.45, 7) is 4.19. The van der Waals surface area contributed by atoms with Crippen molar-refractivity contribution in [3.63, 3.8) is 0 Å². The fourth-order valence-electron chi connectivity index (χ4n) is 4.90. The SMILES string of the molecule is Cc1[nH]c2ccccc2c1C1c2ccccc2C(=O)N1CCC(=O)N1CCCC1. The molecule has 1 saturated heterocycles. The monoisotopic (exact) mass is 387 g/mol. The van der Waals surface area contributed by atoms with Gasteiger partial charge in [-0.05, 0) is 37.5 Å². The van der Waals surface area contributed by atoms with E-state index in [0.29, 0.717) is 13.0 Å².